The van der Waals surface area contributed by atoms with Crippen LogP contribution in [0.5, 0.6) is 0 Å². The van der Waals surface area contributed by atoms with E-state index in [0.29, 0.717) is 31.2 Å². The lowest BCUT2D eigenvalue weighted by molar-refractivity contribution is -0.138. The number of imidazole rings is 2. The van der Waals surface area contributed by atoms with E-state index in [2.05, 4.69) is 131 Å². The highest BCUT2D eigenvalue weighted by Crippen LogP contribution is 2.38. The Labute approximate surface area is 408 Å². The fourth-order valence-electron chi connectivity index (χ4n) is 9.56. The third-order valence-corrected chi connectivity index (χ3v) is 13.7. The number of H-pyrrole nitrogens is 2. The maximum Gasteiger partial charge on any atom is 0.407 e. The van der Waals surface area contributed by atoms with Gasteiger partial charge in [0.25, 0.3) is 0 Å². The molecule has 17 nitrogen and oxygen atoms in total. The van der Waals surface area contributed by atoms with Crippen LogP contribution in [-0.2, 0) is 29.2 Å². The molecule has 2 unspecified atom stereocenters. The van der Waals surface area contributed by atoms with Gasteiger partial charge in [0.2, 0.25) is 11.8 Å². The van der Waals surface area contributed by atoms with Crippen LogP contribution in [0.3, 0.4) is 0 Å². The standard InChI is InChI=1S/C53H63N9O8/c1-31(68-6)45(58-51(65)66)49(63)60-27-9-11-43(60)47-54-29-39(56-47)33-13-17-35(18-14-33)41-25-26-42(62(41)38-23-21-37(22-24-38)53(3,4)5)36-19-15-34(16-20-36)40-30-55-48(57-40)44-12-10-28-61(44)50(64)46(32(2)69-7)59-52(67)70-8/h13-26,29-32,43-46,58H,9-12,27-28H2,1-8H3,(H,54,56)(H,55,57)(H,59,67)(H,65,66)/t31-,32-,43?,44?,45-,46+/m0/s1. The number of rotatable bonds is 15. The monoisotopic (exact) mass is 953 g/mol. The molecule has 0 spiro atoms. The van der Waals surface area contributed by atoms with Gasteiger partial charge in [-0.25, -0.2) is 19.6 Å². The van der Waals surface area contributed by atoms with Crippen molar-refractivity contribution in [2.24, 2.45) is 0 Å². The minimum atomic E-state index is -1.29. The molecule has 70 heavy (non-hydrogen) atoms. The number of carbonyl (C=O) groups is 4. The van der Waals surface area contributed by atoms with Crippen LogP contribution in [0.2, 0.25) is 0 Å². The highest BCUT2D eigenvalue weighted by atomic mass is 16.5. The highest BCUT2D eigenvalue weighted by molar-refractivity contribution is 5.87. The number of amides is 4. The normalized spacial score (nSPS) is 17.8. The summed E-state index contributed by atoms with van der Waals surface area (Å²) in [5, 5.41) is 14.4. The van der Waals surface area contributed by atoms with Crippen LogP contribution in [0, 0.1) is 0 Å². The number of likely N-dealkylation sites (tertiary alicyclic amines) is 2. The molecule has 0 aliphatic carbocycles. The molecular formula is C53H63N9O8. The Kier molecular flexibility index (Phi) is 14.6. The molecule has 2 fully saturated rings. The second-order valence-corrected chi connectivity index (χ2v) is 19.1. The summed E-state index contributed by atoms with van der Waals surface area (Å²) in [5.41, 5.74) is 9.76. The number of benzene rings is 3. The van der Waals surface area contributed by atoms with E-state index >= 15 is 0 Å². The molecule has 5 heterocycles. The van der Waals surface area contributed by atoms with E-state index in [-0.39, 0.29) is 29.3 Å². The number of carboxylic acid groups (broad SMARTS) is 1. The van der Waals surface area contributed by atoms with Crippen molar-refractivity contribution < 1.29 is 38.5 Å². The molecule has 0 bridgehead atoms. The van der Waals surface area contributed by atoms with Gasteiger partial charge in [-0.1, -0.05) is 81.4 Å². The molecule has 5 N–H and O–H groups in total. The van der Waals surface area contributed by atoms with E-state index in [9.17, 15) is 24.3 Å². The van der Waals surface area contributed by atoms with Gasteiger partial charge in [0.1, 0.15) is 23.7 Å². The van der Waals surface area contributed by atoms with Crippen molar-refractivity contribution in [2.45, 2.75) is 102 Å². The first-order valence-electron chi connectivity index (χ1n) is 23.7. The highest BCUT2D eigenvalue weighted by Gasteiger charge is 2.40. The van der Waals surface area contributed by atoms with Gasteiger partial charge < -0.3 is 54.3 Å². The number of hydrogen-bond donors (Lipinski definition) is 5. The first-order valence-corrected chi connectivity index (χ1v) is 23.7. The fourth-order valence-corrected chi connectivity index (χ4v) is 9.56. The first-order chi connectivity index (χ1) is 33.6. The molecule has 0 saturated carbocycles. The quantitative estimate of drug-likeness (QED) is 0.0662. The summed E-state index contributed by atoms with van der Waals surface area (Å²) in [6, 6.07) is 27.1. The summed E-state index contributed by atoms with van der Waals surface area (Å²) in [4.78, 5) is 71.0. The summed E-state index contributed by atoms with van der Waals surface area (Å²) in [5.74, 6) is 0.716. The van der Waals surface area contributed by atoms with E-state index in [0.717, 1.165) is 70.0 Å². The summed E-state index contributed by atoms with van der Waals surface area (Å²) in [6.45, 7) is 11.0. The number of aromatic amines is 2. The minimum absolute atomic E-state index is 0.0158. The average Bonchev–Trinajstić information content (AvgIpc) is 4.23. The van der Waals surface area contributed by atoms with E-state index in [1.165, 1.54) is 26.9 Å². The van der Waals surface area contributed by atoms with E-state index in [1.807, 2.05) is 0 Å². The van der Waals surface area contributed by atoms with Crippen LogP contribution in [0.25, 0.3) is 50.7 Å². The van der Waals surface area contributed by atoms with Crippen LogP contribution in [0.1, 0.15) is 89.6 Å². The molecule has 3 aromatic carbocycles. The zero-order valence-corrected chi connectivity index (χ0v) is 41.0. The van der Waals surface area contributed by atoms with Crippen LogP contribution in [0.15, 0.2) is 97.3 Å². The van der Waals surface area contributed by atoms with E-state index in [4.69, 9.17) is 24.2 Å². The summed E-state index contributed by atoms with van der Waals surface area (Å²) in [7, 11) is 4.21. The molecule has 2 aliphatic rings. The number of nitrogens with zero attached hydrogens (tertiary/aromatic N) is 5. The van der Waals surface area contributed by atoms with Crippen molar-refractivity contribution in [1.29, 1.82) is 0 Å². The maximum absolute atomic E-state index is 13.8. The van der Waals surface area contributed by atoms with Gasteiger partial charge in [-0.3, -0.25) is 9.59 Å². The molecule has 2 saturated heterocycles. The molecule has 17 heteroatoms. The van der Waals surface area contributed by atoms with Crippen LogP contribution >= 0.6 is 0 Å². The summed E-state index contributed by atoms with van der Waals surface area (Å²) < 4.78 is 17.9. The molecule has 6 atom stereocenters. The lowest BCUT2D eigenvalue weighted by Gasteiger charge is -2.30. The molecule has 2 aliphatic heterocycles. The number of hydrogen-bond acceptors (Lipinski definition) is 9. The number of nitrogens with one attached hydrogen (secondary N) is 4. The third-order valence-electron chi connectivity index (χ3n) is 13.7. The lowest BCUT2D eigenvalue weighted by Crippen LogP contribution is -2.54. The Morgan fingerprint density at radius 3 is 1.47 bits per heavy atom. The minimum Gasteiger partial charge on any atom is -0.465 e. The third kappa shape index (κ3) is 10.2. The number of aromatic nitrogens is 5. The molecular weight excluding hydrogens is 891 g/mol. The van der Waals surface area contributed by atoms with Gasteiger partial charge in [0.05, 0.1) is 66.6 Å². The predicted molar refractivity (Wildman–Crippen MR) is 265 cm³/mol. The zero-order valence-electron chi connectivity index (χ0n) is 41.0. The number of methoxy groups -OCH3 is 3. The van der Waals surface area contributed by atoms with Crippen LogP contribution in [-0.4, -0.2) is 122 Å². The van der Waals surface area contributed by atoms with Crippen LogP contribution < -0.4 is 10.6 Å². The number of carbonyl (C=O) groups excluding carboxylic acids is 3. The van der Waals surface area contributed by atoms with Crippen molar-refractivity contribution in [2.75, 3.05) is 34.4 Å². The fraction of sp³-hybridized carbons (Fsp3) is 0.396. The van der Waals surface area contributed by atoms with Gasteiger partial charge in [-0.2, -0.15) is 0 Å². The van der Waals surface area contributed by atoms with Crippen molar-refractivity contribution in [3.63, 3.8) is 0 Å². The Bertz CT molecular complexity index is 2790. The number of alkyl carbamates (subject to hydrolysis) is 1. The molecule has 8 rings (SSSR count). The Hall–Kier alpha value is -7.24. The van der Waals surface area contributed by atoms with Crippen molar-refractivity contribution in [3.8, 4) is 50.7 Å². The van der Waals surface area contributed by atoms with E-state index < -0.39 is 36.5 Å². The smallest absolute Gasteiger partial charge is 0.407 e. The van der Waals surface area contributed by atoms with Gasteiger partial charge in [-0.15, -0.1) is 0 Å². The Morgan fingerprint density at radius 1 is 0.643 bits per heavy atom. The SMILES string of the molecule is COC(=O)N[C@@H](C(=O)N1CCCC1c1ncc(-c2ccc(-c3ccc(-c4ccc(-c5cnc(C6CCCN6C(=O)[C@@H](NC(=O)O)[C@H](C)OC)[nH]5)cc4)n3-c3ccc(C(C)(C)C)cc3)cc2)[nH]1)[C@H](C)OC. The van der Waals surface area contributed by atoms with Crippen molar-refractivity contribution >= 4 is 24.0 Å². The summed E-state index contributed by atoms with van der Waals surface area (Å²) >= 11 is 0. The van der Waals surface area contributed by atoms with E-state index in [1.54, 1.807) is 36.0 Å². The van der Waals surface area contributed by atoms with Gasteiger partial charge >= 0.3 is 12.2 Å². The molecule has 4 amide bonds. The molecule has 368 valence electrons. The molecule has 3 aromatic heterocycles. The first kappa shape index (κ1) is 49.2. The molecule has 6 aromatic rings. The molecule has 0 radical (unpaired) electrons. The predicted octanol–water partition coefficient (Wildman–Crippen LogP) is 8.65. The van der Waals surface area contributed by atoms with Gasteiger partial charge in [0, 0.05) is 33.0 Å². The second kappa shape index (κ2) is 20.8. The maximum atomic E-state index is 13.8. The van der Waals surface area contributed by atoms with Gasteiger partial charge in [0.15, 0.2) is 0 Å². The Morgan fingerprint density at radius 2 is 1.07 bits per heavy atom. The largest absolute Gasteiger partial charge is 0.465 e. The zero-order chi connectivity index (χ0) is 49.9. The second-order valence-electron chi connectivity index (χ2n) is 19.1. The van der Waals surface area contributed by atoms with Crippen molar-refractivity contribution in [3.05, 3.63) is 115 Å². The number of ether oxygens (including phenoxy) is 3. The topological polar surface area (TPSA) is 209 Å². The van der Waals surface area contributed by atoms with Crippen LogP contribution in [0.4, 0.5) is 9.59 Å². The Balaban J connectivity index is 1.04. The lowest BCUT2D eigenvalue weighted by atomic mass is 9.87. The summed E-state index contributed by atoms with van der Waals surface area (Å²) in [6.07, 6.45) is 3.33. The van der Waals surface area contributed by atoms with Gasteiger partial charge in [-0.05, 0) is 97.0 Å². The van der Waals surface area contributed by atoms with Crippen molar-refractivity contribution in [1.82, 2.24) is 44.9 Å². The average molecular weight is 954 g/mol.